The Bertz CT molecular complexity index is 485. The molecule has 2 nitrogen and oxygen atoms in total. The molecular formula is C13H12O2. The van der Waals surface area contributed by atoms with Crippen LogP contribution in [0.1, 0.15) is 30.9 Å². The normalized spacial score (nSPS) is 27.7. The zero-order valence-electron chi connectivity index (χ0n) is 8.78. The molecule has 0 saturated carbocycles. The van der Waals surface area contributed by atoms with Crippen LogP contribution < -0.4 is 0 Å². The summed E-state index contributed by atoms with van der Waals surface area (Å²) in [6.45, 7) is 3.97. The van der Waals surface area contributed by atoms with Crippen LogP contribution in [-0.4, -0.2) is 12.1 Å². The Hall–Kier alpha value is -1.57. The molecule has 1 aliphatic heterocycles. The fourth-order valence-corrected chi connectivity index (χ4v) is 2.60. The van der Waals surface area contributed by atoms with Crippen molar-refractivity contribution in [3.8, 4) is 0 Å². The number of rotatable bonds is 0. The van der Waals surface area contributed by atoms with E-state index in [2.05, 4.69) is 19.1 Å². The molecule has 15 heavy (non-hydrogen) atoms. The standard InChI is InChI=1S/C13H12O2/c1-7-9-5-3-4-6-10(9)11-8(2)13(14)15-12(7)11/h3-7,12H,1-2H3/t7-,12+/m1/s1. The van der Waals surface area contributed by atoms with Gasteiger partial charge < -0.3 is 4.74 Å². The van der Waals surface area contributed by atoms with Crippen molar-refractivity contribution in [2.45, 2.75) is 25.9 Å². The van der Waals surface area contributed by atoms with Crippen LogP contribution >= 0.6 is 0 Å². The molecule has 0 spiro atoms. The van der Waals surface area contributed by atoms with Gasteiger partial charge in [0.1, 0.15) is 6.10 Å². The SMILES string of the molecule is CC1=C2c3ccccc3[C@@H](C)[C@@H]2OC1=O. The molecule has 0 unspecified atom stereocenters. The third-order valence-electron chi connectivity index (χ3n) is 3.42. The number of fused-ring (bicyclic) bond motifs is 3. The van der Waals surface area contributed by atoms with Crippen LogP contribution in [-0.2, 0) is 9.53 Å². The van der Waals surface area contributed by atoms with Crippen LogP contribution in [0.15, 0.2) is 29.8 Å². The summed E-state index contributed by atoms with van der Waals surface area (Å²) in [5, 5.41) is 0. The van der Waals surface area contributed by atoms with E-state index in [1.807, 2.05) is 19.1 Å². The minimum Gasteiger partial charge on any atom is -0.453 e. The van der Waals surface area contributed by atoms with Gasteiger partial charge in [0.25, 0.3) is 0 Å². The molecule has 76 valence electrons. The Morgan fingerprint density at radius 2 is 2.00 bits per heavy atom. The van der Waals surface area contributed by atoms with Gasteiger partial charge in [0.15, 0.2) is 0 Å². The number of carbonyl (C=O) groups is 1. The van der Waals surface area contributed by atoms with E-state index in [-0.39, 0.29) is 18.0 Å². The maximum Gasteiger partial charge on any atom is 0.334 e. The number of ether oxygens (including phenoxy) is 1. The van der Waals surface area contributed by atoms with Gasteiger partial charge in [-0.2, -0.15) is 0 Å². The zero-order chi connectivity index (χ0) is 10.6. The first-order chi connectivity index (χ1) is 7.20. The summed E-state index contributed by atoms with van der Waals surface area (Å²) in [7, 11) is 0. The molecule has 0 bridgehead atoms. The van der Waals surface area contributed by atoms with Gasteiger partial charge >= 0.3 is 5.97 Å². The van der Waals surface area contributed by atoms with E-state index in [1.165, 1.54) is 11.1 Å². The first kappa shape index (κ1) is 8.72. The van der Waals surface area contributed by atoms with Gasteiger partial charge in [-0.1, -0.05) is 31.2 Å². The average Bonchev–Trinajstić information content (AvgIpc) is 2.68. The molecule has 0 amide bonds. The summed E-state index contributed by atoms with van der Waals surface area (Å²) in [5.41, 5.74) is 4.36. The molecule has 0 aromatic heterocycles. The van der Waals surface area contributed by atoms with Gasteiger partial charge in [-0.3, -0.25) is 0 Å². The minimum atomic E-state index is -0.156. The third-order valence-corrected chi connectivity index (χ3v) is 3.42. The number of benzene rings is 1. The Balaban J connectivity index is 2.28. The second-order valence-corrected chi connectivity index (χ2v) is 4.24. The molecule has 1 aromatic carbocycles. The quantitative estimate of drug-likeness (QED) is 0.601. The van der Waals surface area contributed by atoms with Crippen molar-refractivity contribution in [1.29, 1.82) is 0 Å². The zero-order valence-corrected chi connectivity index (χ0v) is 8.78. The van der Waals surface area contributed by atoms with E-state index in [0.717, 1.165) is 11.1 Å². The highest BCUT2D eigenvalue weighted by Crippen LogP contribution is 2.47. The van der Waals surface area contributed by atoms with Crippen LogP contribution in [0.3, 0.4) is 0 Å². The monoisotopic (exact) mass is 200 g/mol. The van der Waals surface area contributed by atoms with Gasteiger partial charge in [0.2, 0.25) is 0 Å². The van der Waals surface area contributed by atoms with Crippen molar-refractivity contribution >= 4 is 11.5 Å². The second-order valence-electron chi connectivity index (χ2n) is 4.24. The molecule has 0 radical (unpaired) electrons. The Morgan fingerprint density at radius 1 is 1.27 bits per heavy atom. The summed E-state index contributed by atoms with van der Waals surface area (Å²) in [5.74, 6) is 0.133. The molecule has 0 N–H and O–H groups in total. The number of hydrogen-bond donors (Lipinski definition) is 0. The summed E-state index contributed by atoms with van der Waals surface area (Å²) >= 11 is 0. The molecule has 2 heteroatoms. The van der Waals surface area contributed by atoms with Gasteiger partial charge in [0, 0.05) is 17.1 Å². The minimum absolute atomic E-state index is 0.0464. The van der Waals surface area contributed by atoms with Gasteiger partial charge in [-0.15, -0.1) is 0 Å². The van der Waals surface area contributed by atoms with Gasteiger partial charge in [0.05, 0.1) is 0 Å². The largest absolute Gasteiger partial charge is 0.453 e. The Morgan fingerprint density at radius 3 is 2.80 bits per heavy atom. The van der Waals surface area contributed by atoms with Crippen molar-refractivity contribution in [1.82, 2.24) is 0 Å². The first-order valence-corrected chi connectivity index (χ1v) is 5.21. The molecule has 3 rings (SSSR count). The van der Waals surface area contributed by atoms with E-state index in [0.29, 0.717) is 0 Å². The van der Waals surface area contributed by atoms with Crippen LogP contribution in [0.25, 0.3) is 5.57 Å². The Labute approximate surface area is 88.6 Å². The van der Waals surface area contributed by atoms with Crippen molar-refractivity contribution in [2.24, 2.45) is 0 Å². The van der Waals surface area contributed by atoms with E-state index in [9.17, 15) is 4.79 Å². The fraction of sp³-hybridized carbons (Fsp3) is 0.308. The molecule has 1 aliphatic carbocycles. The van der Waals surface area contributed by atoms with Crippen molar-refractivity contribution < 1.29 is 9.53 Å². The molecule has 0 saturated heterocycles. The molecule has 2 atom stereocenters. The summed E-state index contributed by atoms with van der Waals surface area (Å²) in [6.07, 6.45) is -0.0464. The molecule has 1 heterocycles. The first-order valence-electron chi connectivity index (χ1n) is 5.21. The lowest BCUT2D eigenvalue weighted by Gasteiger charge is -2.11. The van der Waals surface area contributed by atoms with E-state index in [4.69, 9.17) is 4.74 Å². The smallest absolute Gasteiger partial charge is 0.334 e. The van der Waals surface area contributed by atoms with Crippen LogP contribution in [0, 0.1) is 0 Å². The van der Waals surface area contributed by atoms with Crippen molar-refractivity contribution in [3.05, 3.63) is 41.0 Å². The lowest BCUT2D eigenvalue weighted by Crippen LogP contribution is -2.13. The number of hydrogen-bond acceptors (Lipinski definition) is 2. The van der Waals surface area contributed by atoms with E-state index in [1.54, 1.807) is 0 Å². The highest BCUT2D eigenvalue weighted by atomic mass is 16.5. The third kappa shape index (κ3) is 0.965. The predicted molar refractivity (Wildman–Crippen MR) is 57.3 cm³/mol. The maximum atomic E-state index is 11.5. The second kappa shape index (κ2) is 2.72. The van der Waals surface area contributed by atoms with Crippen molar-refractivity contribution in [3.63, 3.8) is 0 Å². The molecule has 2 aliphatic rings. The summed E-state index contributed by atoms with van der Waals surface area (Å²) in [6, 6.07) is 8.24. The highest BCUT2D eigenvalue weighted by Gasteiger charge is 2.42. The summed E-state index contributed by atoms with van der Waals surface area (Å²) in [4.78, 5) is 11.5. The maximum absolute atomic E-state index is 11.5. The van der Waals surface area contributed by atoms with E-state index < -0.39 is 0 Å². The average molecular weight is 200 g/mol. The molecule has 1 aromatic rings. The lowest BCUT2D eigenvalue weighted by atomic mass is 10.0. The number of esters is 1. The summed E-state index contributed by atoms with van der Waals surface area (Å²) < 4.78 is 5.38. The topological polar surface area (TPSA) is 26.3 Å². The molecule has 0 fully saturated rings. The van der Waals surface area contributed by atoms with E-state index >= 15 is 0 Å². The fourth-order valence-electron chi connectivity index (χ4n) is 2.60. The molecular weight excluding hydrogens is 188 g/mol. The van der Waals surface area contributed by atoms with Gasteiger partial charge in [-0.25, -0.2) is 4.79 Å². The van der Waals surface area contributed by atoms with Crippen LogP contribution in [0.2, 0.25) is 0 Å². The Kier molecular flexibility index (Phi) is 1.58. The number of carbonyl (C=O) groups excluding carboxylic acids is 1. The predicted octanol–water partition coefficient (Wildman–Crippen LogP) is 2.50. The van der Waals surface area contributed by atoms with Crippen molar-refractivity contribution in [2.75, 3.05) is 0 Å². The van der Waals surface area contributed by atoms with Gasteiger partial charge in [-0.05, 0) is 18.1 Å². The van der Waals surface area contributed by atoms with Crippen LogP contribution in [0.4, 0.5) is 0 Å². The lowest BCUT2D eigenvalue weighted by molar-refractivity contribution is -0.139. The highest BCUT2D eigenvalue weighted by molar-refractivity contribution is 6.04. The van der Waals surface area contributed by atoms with Crippen LogP contribution in [0.5, 0.6) is 0 Å².